The molecule has 13 nitrogen and oxygen atoms in total. The summed E-state index contributed by atoms with van der Waals surface area (Å²) >= 11 is 0. The van der Waals surface area contributed by atoms with Crippen molar-refractivity contribution in [2.45, 2.75) is 161 Å². The Balaban J connectivity index is 1.83. The Hall–Kier alpha value is -3.55. The molecule has 56 heavy (non-hydrogen) atoms. The molecule has 1 saturated heterocycles. The van der Waals surface area contributed by atoms with Gasteiger partial charge in [0.2, 0.25) is 23.6 Å². The molecule has 0 radical (unpaired) electrons. The Morgan fingerprint density at radius 2 is 1.52 bits per heavy atom. The minimum absolute atomic E-state index is 0.0229. The van der Waals surface area contributed by atoms with Crippen LogP contribution in [0.5, 0.6) is 0 Å². The lowest BCUT2D eigenvalue weighted by molar-refractivity contribution is -0.159. The lowest BCUT2D eigenvalue weighted by Gasteiger charge is -2.43. The molecular weight excluding hydrogens is 714 g/mol. The number of nitrogens with zero attached hydrogens (tertiary/aromatic N) is 2. The number of esters is 1. The number of rotatable bonds is 18. The van der Waals surface area contributed by atoms with Crippen molar-refractivity contribution < 1.29 is 38.2 Å². The van der Waals surface area contributed by atoms with Crippen molar-refractivity contribution >= 4 is 29.6 Å². The molecule has 3 rings (SSSR count). The molecule has 0 bridgehead atoms. The SMILES string of the molecule is COC(CC(=O)N1CCCC1C(OC)C(C)C(=O)NC(Cc1ccccc1)C(=O)OC(C)(C)C)C(C1CCCCC1)N(C)C(=O)C(NC(=O)C(C)(C)N)C(C)C. The maximum absolute atomic E-state index is 14.4. The summed E-state index contributed by atoms with van der Waals surface area (Å²) in [6.07, 6.45) is 5.30. The number of hydrogen-bond acceptors (Lipinski definition) is 9. The highest BCUT2D eigenvalue weighted by atomic mass is 16.6. The third kappa shape index (κ3) is 13.0. The van der Waals surface area contributed by atoms with Gasteiger partial charge in [-0.05, 0) is 77.7 Å². The summed E-state index contributed by atoms with van der Waals surface area (Å²) in [6, 6.07) is 6.90. The van der Waals surface area contributed by atoms with Crippen LogP contribution in [0.15, 0.2) is 30.3 Å². The molecule has 2 aliphatic rings. The zero-order valence-corrected chi connectivity index (χ0v) is 35.9. The van der Waals surface area contributed by atoms with Crippen LogP contribution < -0.4 is 16.4 Å². The summed E-state index contributed by atoms with van der Waals surface area (Å²) < 4.78 is 17.8. The number of nitrogens with two attached hydrogens (primary N) is 1. The van der Waals surface area contributed by atoms with Crippen LogP contribution >= 0.6 is 0 Å². The maximum atomic E-state index is 14.4. The molecule has 4 N–H and O–H groups in total. The summed E-state index contributed by atoms with van der Waals surface area (Å²) in [5.41, 5.74) is 5.05. The Morgan fingerprint density at radius 3 is 2.05 bits per heavy atom. The molecule has 7 unspecified atom stereocenters. The van der Waals surface area contributed by atoms with E-state index in [0.717, 1.165) is 44.1 Å². The first kappa shape index (κ1) is 46.8. The Morgan fingerprint density at radius 1 is 0.893 bits per heavy atom. The van der Waals surface area contributed by atoms with Gasteiger partial charge in [-0.25, -0.2) is 4.79 Å². The van der Waals surface area contributed by atoms with E-state index in [9.17, 15) is 24.0 Å². The first-order valence-electron chi connectivity index (χ1n) is 20.5. The van der Waals surface area contributed by atoms with Gasteiger partial charge < -0.3 is 40.4 Å². The first-order chi connectivity index (χ1) is 26.2. The summed E-state index contributed by atoms with van der Waals surface area (Å²) in [5.74, 6) is -2.54. The highest BCUT2D eigenvalue weighted by Gasteiger charge is 2.44. The number of carbonyl (C=O) groups is 5. The molecular formula is C43H71N5O8. The van der Waals surface area contributed by atoms with Crippen LogP contribution in [0.3, 0.4) is 0 Å². The molecule has 7 atom stereocenters. The number of nitrogens with one attached hydrogen (secondary N) is 2. The van der Waals surface area contributed by atoms with Crippen LogP contribution in [-0.4, -0.2) is 115 Å². The summed E-state index contributed by atoms with van der Waals surface area (Å²) in [6.45, 7) is 14.6. The zero-order chi connectivity index (χ0) is 42.0. The van der Waals surface area contributed by atoms with Gasteiger partial charge in [0.05, 0.1) is 42.2 Å². The fourth-order valence-corrected chi connectivity index (χ4v) is 8.19. The molecule has 0 spiro atoms. The van der Waals surface area contributed by atoms with Crippen molar-refractivity contribution in [1.29, 1.82) is 0 Å². The van der Waals surface area contributed by atoms with Gasteiger partial charge in [0.1, 0.15) is 17.7 Å². The van der Waals surface area contributed by atoms with E-state index in [-0.39, 0.29) is 42.4 Å². The van der Waals surface area contributed by atoms with Crippen LogP contribution in [0.25, 0.3) is 0 Å². The molecule has 316 valence electrons. The molecule has 13 heteroatoms. The minimum Gasteiger partial charge on any atom is -0.458 e. The topological polar surface area (TPSA) is 170 Å². The fraction of sp³-hybridized carbons (Fsp3) is 0.744. The maximum Gasteiger partial charge on any atom is 0.329 e. The highest BCUT2D eigenvalue weighted by Crippen LogP contribution is 2.34. The monoisotopic (exact) mass is 786 g/mol. The van der Waals surface area contributed by atoms with Gasteiger partial charge in [-0.1, -0.05) is 70.4 Å². The van der Waals surface area contributed by atoms with Gasteiger partial charge in [-0.15, -0.1) is 0 Å². The van der Waals surface area contributed by atoms with Crippen LogP contribution in [0.1, 0.15) is 112 Å². The lowest BCUT2D eigenvalue weighted by Crippen LogP contribution is -2.61. The number of ether oxygens (including phenoxy) is 3. The van der Waals surface area contributed by atoms with Crippen molar-refractivity contribution in [1.82, 2.24) is 20.4 Å². The van der Waals surface area contributed by atoms with Gasteiger partial charge in [-0.2, -0.15) is 0 Å². The van der Waals surface area contributed by atoms with E-state index in [1.54, 1.807) is 65.5 Å². The van der Waals surface area contributed by atoms with Crippen molar-refractivity contribution in [2.75, 3.05) is 27.8 Å². The van der Waals surface area contributed by atoms with Crippen molar-refractivity contribution in [2.24, 2.45) is 23.5 Å². The summed E-state index contributed by atoms with van der Waals surface area (Å²) in [4.78, 5) is 72.3. The van der Waals surface area contributed by atoms with Crippen LogP contribution in [0.4, 0.5) is 0 Å². The molecule has 1 aromatic rings. The molecule has 1 aliphatic heterocycles. The van der Waals surface area contributed by atoms with E-state index in [1.165, 1.54) is 7.11 Å². The molecule has 1 heterocycles. The predicted molar refractivity (Wildman–Crippen MR) is 216 cm³/mol. The molecule has 1 saturated carbocycles. The molecule has 0 aromatic heterocycles. The third-order valence-electron chi connectivity index (χ3n) is 11.3. The summed E-state index contributed by atoms with van der Waals surface area (Å²) in [7, 11) is 4.86. The second-order valence-corrected chi connectivity index (χ2v) is 17.8. The van der Waals surface area contributed by atoms with E-state index in [2.05, 4.69) is 10.6 Å². The number of hydrogen-bond donors (Lipinski definition) is 3. The second-order valence-electron chi connectivity index (χ2n) is 17.8. The smallest absolute Gasteiger partial charge is 0.329 e. The predicted octanol–water partition coefficient (Wildman–Crippen LogP) is 4.39. The number of likely N-dealkylation sites (N-methyl/N-ethyl adjacent to an activating group) is 1. The third-order valence-corrected chi connectivity index (χ3v) is 11.3. The number of benzene rings is 1. The normalized spacial score (nSPS) is 20.0. The van der Waals surface area contributed by atoms with E-state index < -0.39 is 65.3 Å². The van der Waals surface area contributed by atoms with E-state index in [0.29, 0.717) is 13.0 Å². The number of carbonyl (C=O) groups excluding carboxylic acids is 5. The minimum atomic E-state index is -1.16. The van der Waals surface area contributed by atoms with E-state index >= 15 is 0 Å². The zero-order valence-electron chi connectivity index (χ0n) is 35.9. The van der Waals surface area contributed by atoms with Gasteiger partial charge in [0, 0.05) is 34.2 Å². The van der Waals surface area contributed by atoms with Crippen molar-refractivity contribution in [3.63, 3.8) is 0 Å². The molecule has 2 fully saturated rings. The average Bonchev–Trinajstić information content (AvgIpc) is 3.62. The van der Waals surface area contributed by atoms with Crippen molar-refractivity contribution in [3.05, 3.63) is 35.9 Å². The van der Waals surface area contributed by atoms with E-state index in [1.807, 2.05) is 44.2 Å². The Kier molecular flexibility index (Phi) is 17.3. The van der Waals surface area contributed by atoms with Gasteiger partial charge in [0.25, 0.3) is 0 Å². The average molecular weight is 786 g/mol. The van der Waals surface area contributed by atoms with Crippen LogP contribution in [0, 0.1) is 17.8 Å². The molecule has 4 amide bonds. The largest absolute Gasteiger partial charge is 0.458 e. The number of likely N-dealkylation sites (tertiary alicyclic amines) is 1. The van der Waals surface area contributed by atoms with Crippen molar-refractivity contribution in [3.8, 4) is 0 Å². The van der Waals surface area contributed by atoms with Gasteiger partial charge in [0.15, 0.2) is 0 Å². The first-order valence-corrected chi connectivity index (χ1v) is 20.5. The number of methoxy groups -OCH3 is 2. The number of amides is 4. The van der Waals surface area contributed by atoms with Gasteiger partial charge >= 0.3 is 5.97 Å². The summed E-state index contributed by atoms with van der Waals surface area (Å²) in [5, 5.41) is 5.81. The molecule has 1 aliphatic carbocycles. The fourth-order valence-electron chi connectivity index (χ4n) is 8.19. The second kappa shape index (κ2) is 20.7. The highest BCUT2D eigenvalue weighted by molar-refractivity contribution is 5.92. The molecule has 1 aromatic carbocycles. The lowest BCUT2D eigenvalue weighted by atomic mass is 9.80. The van der Waals surface area contributed by atoms with Crippen LogP contribution in [0.2, 0.25) is 0 Å². The standard InChI is InChI=1S/C43H71N5O8/c1-27(2)35(46-41(53)43(7,8)44)39(51)47(9)36(30-21-16-13-17-22-30)33(54-10)26-34(49)48-24-18-23-32(48)37(55-11)28(3)38(50)45-31(40(52)56-42(4,5)6)25-29-19-14-12-15-20-29/h12,14-15,19-20,27-28,30-33,35-37H,13,16-18,21-26,44H2,1-11H3,(H,45,50)(H,46,53). The van der Waals surface area contributed by atoms with Gasteiger partial charge in [-0.3, -0.25) is 19.2 Å². The quantitative estimate of drug-likeness (QED) is 0.183. The Bertz CT molecular complexity index is 1450. The van der Waals surface area contributed by atoms with Crippen LogP contribution in [-0.2, 0) is 44.6 Å². The Labute approximate surface area is 335 Å². The van der Waals surface area contributed by atoms with E-state index in [4.69, 9.17) is 19.9 Å².